The predicted molar refractivity (Wildman–Crippen MR) is 130 cm³/mol. The van der Waals surface area contributed by atoms with Gasteiger partial charge in [-0.2, -0.15) is 0 Å². The van der Waals surface area contributed by atoms with E-state index in [-0.39, 0.29) is 11.5 Å². The van der Waals surface area contributed by atoms with E-state index in [1.807, 2.05) is 0 Å². The molecule has 0 heterocycles. The van der Waals surface area contributed by atoms with Crippen LogP contribution in [0.25, 0.3) is 0 Å². The van der Waals surface area contributed by atoms with Crippen molar-refractivity contribution in [3.05, 3.63) is 35.5 Å². The molecule has 1 heteroatoms. The SMILES string of the molecule is C=C1/C(=C\C=C2/CCC[C@]3(C)[C@@H]([C@H](C)CCCC(C)C)CC[C@@H]23)C[C@@H](O)CC1(C)C. The first-order chi connectivity index (χ1) is 14.0. The maximum Gasteiger partial charge on any atom is 0.0588 e. The largest absolute Gasteiger partial charge is 0.393 e. The second-order valence-electron chi connectivity index (χ2n) is 12.3. The monoisotopic (exact) mass is 412 g/mol. The molecule has 0 aromatic carbocycles. The summed E-state index contributed by atoms with van der Waals surface area (Å²) >= 11 is 0. The number of hydrogen-bond donors (Lipinski definition) is 1. The van der Waals surface area contributed by atoms with Gasteiger partial charge in [0.1, 0.15) is 0 Å². The Morgan fingerprint density at radius 1 is 1.10 bits per heavy atom. The number of allylic oxidation sites excluding steroid dienone is 4. The van der Waals surface area contributed by atoms with Crippen molar-refractivity contribution >= 4 is 0 Å². The van der Waals surface area contributed by atoms with E-state index in [0.29, 0.717) is 5.41 Å². The molecule has 3 aliphatic rings. The Morgan fingerprint density at radius 3 is 2.53 bits per heavy atom. The van der Waals surface area contributed by atoms with Crippen molar-refractivity contribution in [2.75, 3.05) is 0 Å². The molecular formula is C29H48O. The lowest BCUT2D eigenvalue weighted by Crippen LogP contribution is -2.36. The molecule has 0 radical (unpaired) electrons. The molecule has 0 amide bonds. The summed E-state index contributed by atoms with van der Waals surface area (Å²) in [5, 5.41) is 10.4. The van der Waals surface area contributed by atoms with Crippen LogP contribution in [0.2, 0.25) is 0 Å². The van der Waals surface area contributed by atoms with Gasteiger partial charge in [0.25, 0.3) is 0 Å². The fraction of sp³-hybridized carbons (Fsp3) is 0.793. The molecule has 3 saturated carbocycles. The molecule has 0 unspecified atom stereocenters. The van der Waals surface area contributed by atoms with E-state index in [2.05, 4.69) is 60.3 Å². The molecule has 30 heavy (non-hydrogen) atoms. The molecule has 1 N–H and O–H groups in total. The van der Waals surface area contributed by atoms with Crippen LogP contribution < -0.4 is 0 Å². The van der Waals surface area contributed by atoms with Crippen molar-refractivity contribution in [3.63, 3.8) is 0 Å². The van der Waals surface area contributed by atoms with E-state index in [9.17, 15) is 5.11 Å². The summed E-state index contributed by atoms with van der Waals surface area (Å²) in [5.41, 5.74) is 4.68. The molecule has 3 fully saturated rings. The summed E-state index contributed by atoms with van der Waals surface area (Å²) in [5.74, 6) is 3.33. The van der Waals surface area contributed by atoms with E-state index >= 15 is 0 Å². The Bertz CT molecular complexity index is 678. The normalized spacial score (nSPS) is 37.7. The third-order valence-electron chi connectivity index (χ3n) is 9.07. The minimum absolute atomic E-state index is 0.00690. The lowest BCUT2D eigenvalue weighted by molar-refractivity contribution is 0.0928. The first kappa shape index (κ1) is 23.8. The van der Waals surface area contributed by atoms with Crippen LogP contribution in [-0.4, -0.2) is 11.2 Å². The molecular weight excluding hydrogens is 364 g/mol. The number of aliphatic hydroxyl groups is 1. The number of hydrogen-bond acceptors (Lipinski definition) is 1. The van der Waals surface area contributed by atoms with Crippen molar-refractivity contribution in [2.45, 2.75) is 112 Å². The van der Waals surface area contributed by atoms with Gasteiger partial charge in [0.2, 0.25) is 0 Å². The van der Waals surface area contributed by atoms with Gasteiger partial charge in [-0.05, 0) is 90.6 Å². The van der Waals surface area contributed by atoms with E-state index in [0.717, 1.165) is 36.5 Å². The smallest absolute Gasteiger partial charge is 0.0588 e. The highest BCUT2D eigenvalue weighted by Crippen LogP contribution is 2.60. The second-order valence-corrected chi connectivity index (χ2v) is 12.3. The Labute approximate surface area is 187 Å². The minimum atomic E-state index is -0.227. The summed E-state index contributed by atoms with van der Waals surface area (Å²) in [6.45, 7) is 18.7. The Balaban J connectivity index is 1.74. The van der Waals surface area contributed by atoms with Crippen LogP contribution >= 0.6 is 0 Å². The van der Waals surface area contributed by atoms with Gasteiger partial charge < -0.3 is 5.11 Å². The molecule has 1 nitrogen and oxygen atoms in total. The van der Waals surface area contributed by atoms with Gasteiger partial charge >= 0.3 is 0 Å². The molecule has 3 aliphatic carbocycles. The van der Waals surface area contributed by atoms with Crippen molar-refractivity contribution in [1.82, 2.24) is 0 Å². The minimum Gasteiger partial charge on any atom is -0.393 e. The third-order valence-corrected chi connectivity index (χ3v) is 9.07. The Kier molecular flexibility index (Phi) is 7.43. The van der Waals surface area contributed by atoms with Gasteiger partial charge in [-0.15, -0.1) is 0 Å². The zero-order valence-corrected chi connectivity index (χ0v) is 20.8. The first-order valence-electron chi connectivity index (χ1n) is 12.8. The van der Waals surface area contributed by atoms with Crippen LogP contribution in [0.3, 0.4) is 0 Å². The molecule has 0 aliphatic heterocycles. The van der Waals surface area contributed by atoms with Crippen LogP contribution in [0, 0.1) is 34.5 Å². The van der Waals surface area contributed by atoms with Gasteiger partial charge in [-0.3, -0.25) is 0 Å². The average Bonchev–Trinajstić information content (AvgIpc) is 3.00. The summed E-state index contributed by atoms with van der Waals surface area (Å²) < 4.78 is 0. The molecule has 0 spiro atoms. The second kappa shape index (κ2) is 9.35. The summed E-state index contributed by atoms with van der Waals surface area (Å²) in [6.07, 6.45) is 17.1. The highest BCUT2D eigenvalue weighted by Gasteiger charge is 2.50. The van der Waals surface area contributed by atoms with Gasteiger partial charge in [0.15, 0.2) is 0 Å². The van der Waals surface area contributed by atoms with Gasteiger partial charge in [0, 0.05) is 0 Å². The van der Waals surface area contributed by atoms with Crippen molar-refractivity contribution in [1.29, 1.82) is 0 Å². The fourth-order valence-corrected chi connectivity index (χ4v) is 7.24. The lowest BCUT2D eigenvalue weighted by Gasteiger charge is -2.44. The summed E-state index contributed by atoms with van der Waals surface area (Å²) in [7, 11) is 0. The molecule has 0 bridgehead atoms. The number of fused-ring (bicyclic) bond motifs is 1. The molecule has 170 valence electrons. The van der Waals surface area contributed by atoms with E-state index in [1.54, 1.807) is 5.57 Å². The van der Waals surface area contributed by atoms with Gasteiger partial charge in [0.05, 0.1) is 6.10 Å². The Morgan fingerprint density at radius 2 is 1.83 bits per heavy atom. The Hall–Kier alpha value is -0.820. The maximum absolute atomic E-state index is 10.4. The average molecular weight is 413 g/mol. The van der Waals surface area contributed by atoms with Crippen LogP contribution in [0.1, 0.15) is 106 Å². The lowest BCUT2D eigenvalue weighted by atomic mass is 9.60. The van der Waals surface area contributed by atoms with E-state index < -0.39 is 0 Å². The van der Waals surface area contributed by atoms with Crippen LogP contribution in [0.15, 0.2) is 35.5 Å². The molecule has 0 saturated heterocycles. The molecule has 3 rings (SSSR count). The van der Waals surface area contributed by atoms with Crippen LogP contribution in [0.5, 0.6) is 0 Å². The van der Waals surface area contributed by atoms with E-state index in [4.69, 9.17) is 0 Å². The van der Waals surface area contributed by atoms with Crippen molar-refractivity contribution in [3.8, 4) is 0 Å². The topological polar surface area (TPSA) is 20.2 Å². The number of rotatable bonds is 6. The summed E-state index contributed by atoms with van der Waals surface area (Å²) in [4.78, 5) is 0. The maximum atomic E-state index is 10.4. The van der Waals surface area contributed by atoms with Gasteiger partial charge in [-0.1, -0.05) is 85.1 Å². The highest BCUT2D eigenvalue weighted by atomic mass is 16.3. The zero-order valence-electron chi connectivity index (χ0n) is 20.8. The highest BCUT2D eigenvalue weighted by molar-refractivity contribution is 5.40. The standard InChI is InChI=1S/C29H48O/c1-20(2)10-8-11-21(3)26-15-16-27-23(12-9-17-29(26,27)7)13-14-24-18-25(30)19-28(5,6)22(24)4/h13-14,20-21,25-27,30H,4,8-12,15-19H2,1-3,5-7H3/b23-13+,24-14-/t21-,25-,26-,27+,29-/m1/s1. The zero-order chi connectivity index (χ0) is 22.1. The third kappa shape index (κ3) is 4.98. The fourth-order valence-electron chi connectivity index (χ4n) is 7.24. The van der Waals surface area contributed by atoms with Crippen LogP contribution in [0.4, 0.5) is 0 Å². The molecule has 0 aromatic heterocycles. The predicted octanol–water partition coefficient (Wildman–Crippen LogP) is 8.26. The quantitative estimate of drug-likeness (QED) is 0.465. The van der Waals surface area contributed by atoms with E-state index in [1.165, 1.54) is 62.5 Å². The van der Waals surface area contributed by atoms with Crippen LogP contribution in [-0.2, 0) is 0 Å². The number of aliphatic hydroxyl groups excluding tert-OH is 1. The molecule has 5 atom stereocenters. The van der Waals surface area contributed by atoms with Crippen molar-refractivity contribution < 1.29 is 5.11 Å². The summed E-state index contributed by atoms with van der Waals surface area (Å²) in [6, 6.07) is 0. The first-order valence-corrected chi connectivity index (χ1v) is 12.8. The van der Waals surface area contributed by atoms with Gasteiger partial charge in [-0.25, -0.2) is 0 Å². The van der Waals surface area contributed by atoms with Crippen molar-refractivity contribution in [2.24, 2.45) is 34.5 Å². The molecule has 0 aromatic rings.